The van der Waals surface area contributed by atoms with Gasteiger partial charge in [-0.3, -0.25) is 32.5 Å². The Hall–Kier alpha value is -4.57. The first-order valence-electron chi connectivity index (χ1n) is 43.1. The van der Waals surface area contributed by atoms with Gasteiger partial charge in [-0.25, -0.2) is 9.13 Å². The number of hydrogen-bond donors (Lipinski definition) is 4. The minimum Gasteiger partial charge on any atom is -0.463 e. The van der Waals surface area contributed by atoms with Crippen LogP contribution in [0.25, 0.3) is 0 Å². The van der Waals surface area contributed by atoms with Crippen molar-refractivity contribution in [3.05, 3.63) is 146 Å². The molecule has 0 bridgehead atoms. The summed E-state index contributed by atoms with van der Waals surface area (Å²) >= 11 is 0. The van der Waals surface area contributed by atoms with Crippen LogP contribution in [0.15, 0.2) is 146 Å². The maximum Gasteiger partial charge on any atom is 0.472 e. The van der Waals surface area contributed by atoms with Crippen molar-refractivity contribution in [1.82, 2.24) is 0 Å². The summed E-state index contributed by atoms with van der Waals surface area (Å²) in [7, 11) is -9.80. The van der Waals surface area contributed by atoms with Crippen molar-refractivity contribution in [1.29, 1.82) is 0 Å². The highest BCUT2D eigenvalue weighted by molar-refractivity contribution is 7.47. The number of carbonyl (C=O) groups is 3. The van der Waals surface area contributed by atoms with Gasteiger partial charge in [0.15, 0.2) is 6.10 Å². The normalized spacial score (nSPS) is 14.6. The van der Waals surface area contributed by atoms with Crippen molar-refractivity contribution >= 4 is 33.6 Å². The van der Waals surface area contributed by atoms with Crippen LogP contribution >= 0.6 is 15.6 Å². The van der Waals surface area contributed by atoms with Crippen LogP contribution in [0, 0.1) is 0 Å². The molecule has 0 rings (SSSR count). The molecule has 0 aliphatic rings. The predicted molar refractivity (Wildman–Crippen MR) is 454 cm³/mol. The van der Waals surface area contributed by atoms with Crippen molar-refractivity contribution in [3.8, 4) is 0 Å². The molecule has 0 aliphatic carbocycles. The molecular formula is C91H156O16P2. The molecule has 0 fully saturated rings. The lowest BCUT2D eigenvalue weighted by atomic mass is 10.0. The monoisotopic (exact) mass is 1570 g/mol. The predicted octanol–water partition coefficient (Wildman–Crippen LogP) is 26.0. The molecular weight excluding hydrogens is 1410 g/mol. The van der Waals surface area contributed by atoms with Gasteiger partial charge in [0.25, 0.3) is 0 Å². The second-order valence-electron chi connectivity index (χ2n) is 28.6. The van der Waals surface area contributed by atoms with E-state index in [4.69, 9.17) is 32.3 Å². The van der Waals surface area contributed by atoms with E-state index in [1.54, 1.807) is 0 Å². The van der Waals surface area contributed by atoms with Gasteiger partial charge in [-0.2, -0.15) is 0 Å². The molecule has 0 aliphatic heterocycles. The SMILES string of the molecule is CC/C=C\C/C=C\C/C=C\C/C=C\C/C=C\C/C=C\CCCCCCCCC(=O)OCC(COP(=O)(O)OCC(O)COP(=O)(O)OCC(O)COC(=O)CCCCCCCCCCCCCCCCCCCCC/C=C\C/C=C\C/C=C\C/C=C\CCCCC)OC(=O)CCCCCCC/C=C\C/C=C\CCC. The molecule has 5 atom stereocenters. The van der Waals surface area contributed by atoms with E-state index in [9.17, 15) is 43.5 Å². The van der Waals surface area contributed by atoms with E-state index in [1.165, 1.54) is 128 Å². The molecule has 626 valence electrons. The molecule has 0 aromatic heterocycles. The van der Waals surface area contributed by atoms with E-state index < -0.39 is 91.5 Å². The number of esters is 3. The molecule has 0 saturated carbocycles. The fourth-order valence-electron chi connectivity index (χ4n) is 11.5. The maximum atomic E-state index is 13.0. The van der Waals surface area contributed by atoms with Crippen LogP contribution in [-0.4, -0.2) is 95.9 Å². The topological polar surface area (TPSA) is 231 Å². The van der Waals surface area contributed by atoms with Crippen molar-refractivity contribution in [2.45, 2.75) is 373 Å². The minimum atomic E-state index is -4.94. The van der Waals surface area contributed by atoms with Gasteiger partial charge in [0.1, 0.15) is 25.4 Å². The third-order valence-electron chi connectivity index (χ3n) is 18.0. The van der Waals surface area contributed by atoms with Crippen LogP contribution in [0.5, 0.6) is 0 Å². The van der Waals surface area contributed by atoms with E-state index in [0.29, 0.717) is 19.3 Å². The highest BCUT2D eigenvalue weighted by Gasteiger charge is 2.29. The van der Waals surface area contributed by atoms with Crippen LogP contribution in [0.2, 0.25) is 0 Å². The van der Waals surface area contributed by atoms with Crippen molar-refractivity contribution < 1.29 is 75.8 Å². The Morgan fingerprint density at radius 1 is 0.266 bits per heavy atom. The number of allylic oxidation sites excluding steroid dienone is 24. The highest BCUT2D eigenvalue weighted by atomic mass is 31.2. The van der Waals surface area contributed by atoms with Crippen LogP contribution in [0.1, 0.15) is 355 Å². The third-order valence-corrected chi connectivity index (χ3v) is 19.9. The van der Waals surface area contributed by atoms with Crippen molar-refractivity contribution in [3.63, 3.8) is 0 Å². The van der Waals surface area contributed by atoms with E-state index >= 15 is 0 Å². The minimum absolute atomic E-state index is 0.0814. The Bertz CT molecular complexity index is 2560. The first-order chi connectivity index (χ1) is 53.2. The van der Waals surface area contributed by atoms with Crippen LogP contribution in [0.3, 0.4) is 0 Å². The molecule has 18 heteroatoms. The Morgan fingerprint density at radius 3 is 0.807 bits per heavy atom. The quantitative estimate of drug-likeness (QED) is 0.0146. The first-order valence-corrected chi connectivity index (χ1v) is 46.1. The summed E-state index contributed by atoms with van der Waals surface area (Å²) in [6, 6.07) is 0. The number of phosphoric ester groups is 2. The average Bonchev–Trinajstić information content (AvgIpc) is 0.903. The largest absolute Gasteiger partial charge is 0.472 e. The molecule has 0 aromatic carbocycles. The van der Waals surface area contributed by atoms with Crippen molar-refractivity contribution in [2.24, 2.45) is 0 Å². The second kappa shape index (κ2) is 82.9. The molecule has 0 saturated heterocycles. The Morgan fingerprint density at radius 2 is 0.505 bits per heavy atom. The summed E-state index contributed by atoms with van der Waals surface area (Å²) in [5.74, 6) is -1.60. The van der Waals surface area contributed by atoms with Gasteiger partial charge in [0, 0.05) is 19.3 Å². The van der Waals surface area contributed by atoms with Crippen LogP contribution in [-0.2, 0) is 55.8 Å². The molecule has 0 aromatic rings. The molecule has 0 amide bonds. The number of hydrogen-bond acceptors (Lipinski definition) is 14. The summed E-state index contributed by atoms with van der Waals surface area (Å²) < 4.78 is 61.2. The number of aliphatic hydroxyl groups excluding tert-OH is 2. The Balaban J connectivity index is 4.41. The highest BCUT2D eigenvalue weighted by Crippen LogP contribution is 2.45. The van der Waals surface area contributed by atoms with E-state index in [0.717, 1.165) is 167 Å². The average molecular weight is 1570 g/mol. The lowest BCUT2D eigenvalue weighted by molar-refractivity contribution is -0.161. The molecule has 0 heterocycles. The fourth-order valence-corrected chi connectivity index (χ4v) is 13.1. The Labute approximate surface area is 664 Å². The number of ether oxygens (including phenoxy) is 3. The summed E-state index contributed by atoms with van der Waals surface area (Å²) in [4.78, 5) is 58.7. The molecule has 4 N–H and O–H groups in total. The van der Waals surface area contributed by atoms with Crippen LogP contribution in [0.4, 0.5) is 0 Å². The number of unbranched alkanes of at least 4 members (excludes halogenated alkanes) is 34. The van der Waals surface area contributed by atoms with E-state index in [-0.39, 0.29) is 19.3 Å². The third kappa shape index (κ3) is 84.2. The van der Waals surface area contributed by atoms with E-state index in [2.05, 4.69) is 167 Å². The van der Waals surface area contributed by atoms with Crippen LogP contribution < -0.4 is 0 Å². The standard InChI is InChI=1S/C91H156O16P2/c1-4-7-10-13-16-19-22-25-27-29-31-33-35-37-38-39-40-41-42-43-44-45-46-48-50-51-53-55-57-60-62-65-68-71-74-77-89(94)101-80-86(92)81-103-108(97,98)104-82-87(93)83-105-109(99,100)106-85-88(107-91(96)79-76-73-70-67-64-59-24-21-18-15-12-9-6-3)84-102-90(95)78-75-72-69-66-63-61-58-56-54-52-49-47-36-34-32-30-28-26-23-20-17-14-11-8-5-2/h8,11-12,15-17,19-21,24-28,31-34,37-38,47,49,54,56,86-88,92-93H,4-7,9-10,13-14,18,22-23,29-30,35-36,39-46,48,50-53,55,57-85H2,1-3H3,(H,97,98)(H,99,100)/b11-8-,15-12-,19-16-,20-17-,24-21-,27-25-,28-26-,33-31-,34-32-,38-37-,49-47-,56-54-. The zero-order valence-electron chi connectivity index (χ0n) is 68.7. The summed E-state index contributed by atoms with van der Waals surface area (Å²) in [5.41, 5.74) is 0. The first kappa shape index (κ1) is 104. The molecule has 0 spiro atoms. The van der Waals surface area contributed by atoms with E-state index in [1.807, 2.05) is 0 Å². The summed E-state index contributed by atoms with van der Waals surface area (Å²) in [5, 5.41) is 20.7. The summed E-state index contributed by atoms with van der Waals surface area (Å²) in [6.45, 7) is 2.46. The Kier molecular flexibility index (Phi) is 79.4. The second-order valence-corrected chi connectivity index (χ2v) is 31.5. The zero-order valence-corrected chi connectivity index (χ0v) is 70.5. The molecule has 109 heavy (non-hydrogen) atoms. The lowest BCUT2D eigenvalue weighted by Crippen LogP contribution is -2.30. The maximum absolute atomic E-state index is 13.0. The number of rotatable bonds is 81. The molecule has 0 radical (unpaired) electrons. The fraction of sp³-hybridized carbons (Fsp3) is 0.703. The number of carbonyl (C=O) groups excluding carboxylic acids is 3. The number of aliphatic hydroxyl groups is 2. The van der Waals surface area contributed by atoms with Gasteiger partial charge in [0.2, 0.25) is 0 Å². The van der Waals surface area contributed by atoms with Gasteiger partial charge >= 0.3 is 33.6 Å². The summed E-state index contributed by atoms with van der Waals surface area (Å²) in [6.07, 6.45) is 103. The molecule has 16 nitrogen and oxygen atoms in total. The zero-order chi connectivity index (χ0) is 79.4. The van der Waals surface area contributed by atoms with Gasteiger partial charge in [-0.15, -0.1) is 0 Å². The smallest absolute Gasteiger partial charge is 0.463 e. The van der Waals surface area contributed by atoms with Crippen molar-refractivity contribution in [2.75, 3.05) is 39.6 Å². The molecule has 5 unspecified atom stereocenters. The van der Waals surface area contributed by atoms with Gasteiger partial charge in [0.05, 0.1) is 26.4 Å². The number of phosphoric acid groups is 2. The van der Waals surface area contributed by atoms with Gasteiger partial charge in [-0.05, 0) is 141 Å². The van der Waals surface area contributed by atoms with Gasteiger partial charge < -0.3 is 34.2 Å². The van der Waals surface area contributed by atoms with Gasteiger partial charge in [-0.1, -0.05) is 340 Å². The lowest BCUT2D eigenvalue weighted by Gasteiger charge is -2.21.